The monoisotopic (exact) mass is 350 g/mol. The van der Waals surface area contributed by atoms with Crippen LogP contribution in [0.5, 0.6) is 0 Å². The van der Waals surface area contributed by atoms with Crippen molar-refractivity contribution in [2.24, 2.45) is 0 Å². The minimum absolute atomic E-state index is 0.380. The van der Waals surface area contributed by atoms with E-state index in [1.54, 1.807) is 7.11 Å². The summed E-state index contributed by atoms with van der Waals surface area (Å²) in [6, 6.07) is 8.04. The summed E-state index contributed by atoms with van der Waals surface area (Å²) < 4.78 is 6.18. The van der Waals surface area contributed by atoms with Crippen LogP contribution in [0.2, 0.25) is 0 Å². The molecule has 6 heteroatoms. The molecule has 0 spiro atoms. The highest BCUT2D eigenvalue weighted by molar-refractivity contribution is 9.10. The number of anilines is 3. The fourth-order valence-electron chi connectivity index (χ4n) is 2.00. The summed E-state index contributed by atoms with van der Waals surface area (Å²) in [4.78, 5) is 8.81. The zero-order chi connectivity index (χ0) is 15.2. The topological polar surface area (TPSA) is 59.1 Å². The van der Waals surface area contributed by atoms with Crippen molar-refractivity contribution in [3.63, 3.8) is 0 Å². The van der Waals surface area contributed by atoms with E-state index in [1.165, 1.54) is 5.56 Å². The molecule has 112 valence electrons. The second-order valence-electron chi connectivity index (χ2n) is 4.52. The number of hydrogen-bond donors (Lipinski definition) is 2. The molecule has 0 amide bonds. The molecule has 5 nitrogen and oxygen atoms in total. The quantitative estimate of drug-likeness (QED) is 0.830. The Balaban J connectivity index is 2.32. The van der Waals surface area contributed by atoms with Crippen molar-refractivity contribution in [1.82, 2.24) is 9.97 Å². The van der Waals surface area contributed by atoms with Gasteiger partial charge in [0.05, 0.1) is 0 Å². The second kappa shape index (κ2) is 7.38. The Morgan fingerprint density at radius 1 is 1.19 bits per heavy atom. The van der Waals surface area contributed by atoms with Gasteiger partial charge in [-0.2, -0.15) is 0 Å². The fraction of sp³-hybridized carbons (Fsp3) is 0.333. The van der Waals surface area contributed by atoms with Gasteiger partial charge in [-0.25, -0.2) is 9.97 Å². The summed E-state index contributed by atoms with van der Waals surface area (Å²) in [7, 11) is 3.46. The largest absolute Gasteiger partial charge is 0.377 e. The summed E-state index contributed by atoms with van der Waals surface area (Å²) in [6.45, 7) is 2.51. The highest BCUT2D eigenvalue weighted by Crippen LogP contribution is 2.25. The molecule has 0 aliphatic rings. The Morgan fingerprint density at radius 2 is 1.95 bits per heavy atom. The number of halogens is 1. The highest BCUT2D eigenvalue weighted by Gasteiger charge is 2.07. The van der Waals surface area contributed by atoms with Crippen LogP contribution in [0, 0.1) is 0 Å². The highest BCUT2D eigenvalue weighted by atomic mass is 79.9. The maximum atomic E-state index is 5.11. The van der Waals surface area contributed by atoms with Crippen LogP contribution in [-0.2, 0) is 17.8 Å². The predicted octanol–water partition coefficient (Wildman–Crippen LogP) is 3.73. The Hall–Kier alpha value is -1.66. The van der Waals surface area contributed by atoms with Crippen molar-refractivity contribution >= 4 is 33.3 Å². The third-order valence-electron chi connectivity index (χ3n) is 3.01. The number of benzene rings is 1. The molecule has 2 rings (SSSR count). The molecule has 0 unspecified atom stereocenters. The zero-order valence-electron chi connectivity index (χ0n) is 12.4. The first kappa shape index (κ1) is 15.7. The standard InChI is InChI=1S/C15H19BrN4O/c1-4-10-7-11(16)5-6-12(10)18-14-8-13(17-2)19-15(20-14)9-21-3/h5-8H,4,9H2,1-3H3,(H2,17,18,19,20). The molecule has 1 heterocycles. The SMILES string of the molecule is CCc1cc(Br)ccc1Nc1cc(NC)nc(COC)n1. The molecular weight excluding hydrogens is 332 g/mol. The lowest BCUT2D eigenvalue weighted by Crippen LogP contribution is -2.05. The maximum absolute atomic E-state index is 5.11. The van der Waals surface area contributed by atoms with Crippen LogP contribution < -0.4 is 10.6 Å². The van der Waals surface area contributed by atoms with Crippen LogP contribution in [-0.4, -0.2) is 24.1 Å². The number of rotatable bonds is 6. The minimum Gasteiger partial charge on any atom is -0.377 e. The zero-order valence-corrected chi connectivity index (χ0v) is 14.0. The Bertz CT molecular complexity index is 619. The average molecular weight is 351 g/mol. The van der Waals surface area contributed by atoms with Gasteiger partial charge in [0.1, 0.15) is 18.2 Å². The predicted molar refractivity (Wildman–Crippen MR) is 89.1 cm³/mol. The number of methoxy groups -OCH3 is 1. The number of ether oxygens (including phenoxy) is 1. The van der Waals surface area contributed by atoms with Gasteiger partial charge in [-0.1, -0.05) is 22.9 Å². The van der Waals surface area contributed by atoms with Gasteiger partial charge >= 0.3 is 0 Å². The molecule has 0 radical (unpaired) electrons. The van der Waals surface area contributed by atoms with E-state index in [-0.39, 0.29) is 0 Å². The summed E-state index contributed by atoms with van der Waals surface area (Å²) in [5.41, 5.74) is 2.27. The third kappa shape index (κ3) is 4.15. The van der Waals surface area contributed by atoms with Crippen LogP contribution in [0.4, 0.5) is 17.3 Å². The van der Waals surface area contributed by atoms with E-state index in [4.69, 9.17) is 4.74 Å². The Labute approximate surface area is 133 Å². The van der Waals surface area contributed by atoms with Crippen LogP contribution in [0.25, 0.3) is 0 Å². The molecule has 0 saturated carbocycles. The molecule has 1 aromatic heterocycles. The van der Waals surface area contributed by atoms with Gasteiger partial charge in [0.2, 0.25) is 0 Å². The average Bonchev–Trinajstić information content (AvgIpc) is 2.49. The molecule has 0 atom stereocenters. The lowest BCUT2D eigenvalue weighted by Gasteiger charge is -2.13. The van der Waals surface area contributed by atoms with Crippen molar-refractivity contribution < 1.29 is 4.74 Å². The van der Waals surface area contributed by atoms with Crippen molar-refractivity contribution in [2.45, 2.75) is 20.0 Å². The van der Waals surface area contributed by atoms with Gasteiger partial charge < -0.3 is 15.4 Å². The molecular formula is C15H19BrN4O. The van der Waals surface area contributed by atoms with Gasteiger partial charge in [0.15, 0.2) is 5.82 Å². The summed E-state index contributed by atoms with van der Waals surface area (Å²) >= 11 is 3.50. The van der Waals surface area contributed by atoms with E-state index in [0.29, 0.717) is 12.4 Å². The lowest BCUT2D eigenvalue weighted by molar-refractivity contribution is 0.178. The van der Waals surface area contributed by atoms with Crippen LogP contribution >= 0.6 is 15.9 Å². The number of aryl methyl sites for hydroxylation is 1. The van der Waals surface area contributed by atoms with Crippen LogP contribution in [0.15, 0.2) is 28.7 Å². The second-order valence-corrected chi connectivity index (χ2v) is 5.43. The van der Waals surface area contributed by atoms with E-state index >= 15 is 0 Å². The van der Waals surface area contributed by atoms with Gasteiger partial charge in [-0.3, -0.25) is 0 Å². The van der Waals surface area contributed by atoms with Gasteiger partial charge in [-0.05, 0) is 30.2 Å². The van der Waals surface area contributed by atoms with Crippen molar-refractivity contribution in [2.75, 3.05) is 24.8 Å². The van der Waals surface area contributed by atoms with Crippen LogP contribution in [0.3, 0.4) is 0 Å². The summed E-state index contributed by atoms with van der Waals surface area (Å²) in [5.74, 6) is 2.15. The van der Waals surface area contributed by atoms with E-state index in [9.17, 15) is 0 Å². The fourth-order valence-corrected chi connectivity index (χ4v) is 2.41. The Kier molecular flexibility index (Phi) is 5.52. The number of nitrogens with zero attached hydrogens (tertiary/aromatic N) is 2. The Morgan fingerprint density at radius 3 is 2.62 bits per heavy atom. The number of nitrogens with one attached hydrogen (secondary N) is 2. The molecule has 0 saturated heterocycles. The molecule has 21 heavy (non-hydrogen) atoms. The van der Waals surface area contributed by atoms with Crippen molar-refractivity contribution in [3.05, 3.63) is 40.1 Å². The van der Waals surface area contributed by atoms with Gasteiger partial charge in [0.25, 0.3) is 0 Å². The summed E-state index contributed by atoms with van der Waals surface area (Å²) in [5, 5.41) is 6.39. The normalized spacial score (nSPS) is 10.5. The molecule has 0 fully saturated rings. The molecule has 0 aliphatic carbocycles. The summed E-state index contributed by atoms with van der Waals surface area (Å²) in [6.07, 6.45) is 0.941. The molecule has 0 aliphatic heterocycles. The first-order valence-corrected chi connectivity index (χ1v) is 7.55. The smallest absolute Gasteiger partial charge is 0.158 e. The number of aromatic nitrogens is 2. The molecule has 2 aromatic rings. The van der Waals surface area contributed by atoms with E-state index in [1.807, 2.05) is 25.2 Å². The van der Waals surface area contributed by atoms with E-state index < -0.39 is 0 Å². The van der Waals surface area contributed by atoms with E-state index in [2.05, 4.69) is 49.5 Å². The van der Waals surface area contributed by atoms with E-state index in [0.717, 1.165) is 28.2 Å². The first-order valence-electron chi connectivity index (χ1n) is 6.76. The van der Waals surface area contributed by atoms with Crippen LogP contribution in [0.1, 0.15) is 18.3 Å². The molecule has 1 aromatic carbocycles. The lowest BCUT2D eigenvalue weighted by atomic mass is 10.1. The first-order chi connectivity index (χ1) is 10.2. The van der Waals surface area contributed by atoms with Gasteiger partial charge in [0, 0.05) is 30.4 Å². The van der Waals surface area contributed by atoms with Crippen molar-refractivity contribution in [1.29, 1.82) is 0 Å². The molecule has 0 bridgehead atoms. The van der Waals surface area contributed by atoms with Crippen molar-refractivity contribution in [3.8, 4) is 0 Å². The van der Waals surface area contributed by atoms with Gasteiger partial charge in [-0.15, -0.1) is 0 Å². The third-order valence-corrected chi connectivity index (χ3v) is 3.51. The maximum Gasteiger partial charge on any atom is 0.158 e. The minimum atomic E-state index is 0.380. The number of hydrogen-bond acceptors (Lipinski definition) is 5. The molecule has 2 N–H and O–H groups in total.